The average Bonchev–Trinajstić information content (AvgIpc) is 2.55. The van der Waals surface area contributed by atoms with Gasteiger partial charge in [0.2, 0.25) is 0 Å². The van der Waals surface area contributed by atoms with Gasteiger partial charge in [0.15, 0.2) is 0 Å². The van der Waals surface area contributed by atoms with Crippen LogP contribution in [0.25, 0.3) is 0 Å². The molecule has 0 aliphatic rings. The summed E-state index contributed by atoms with van der Waals surface area (Å²) in [6.07, 6.45) is 2.38. The lowest BCUT2D eigenvalue weighted by atomic mass is 10.1. The molecule has 0 spiro atoms. The molecule has 1 heterocycles. The van der Waals surface area contributed by atoms with Crippen LogP contribution in [0, 0.1) is 13.8 Å². The number of para-hydroxylation sites is 1. The second kappa shape index (κ2) is 8.29. The van der Waals surface area contributed by atoms with Crippen LogP contribution in [0.4, 0.5) is 11.5 Å². The van der Waals surface area contributed by atoms with Crippen molar-refractivity contribution in [2.75, 3.05) is 25.6 Å². The molecule has 0 saturated heterocycles. The van der Waals surface area contributed by atoms with Crippen LogP contribution in [-0.4, -0.2) is 31.2 Å². The van der Waals surface area contributed by atoms with E-state index in [0.717, 1.165) is 29.1 Å². The smallest absolute Gasteiger partial charge is 0.252 e. The van der Waals surface area contributed by atoms with Gasteiger partial charge in [-0.15, -0.1) is 0 Å². The SMILES string of the molecule is COCCCNC(=O)c1ccc(Nc2c(C)cccc2C)nc1. The molecular weight excluding hydrogens is 290 g/mol. The van der Waals surface area contributed by atoms with Crippen molar-refractivity contribution in [3.63, 3.8) is 0 Å². The minimum Gasteiger partial charge on any atom is -0.385 e. The summed E-state index contributed by atoms with van der Waals surface area (Å²) in [5, 5.41) is 6.15. The predicted molar refractivity (Wildman–Crippen MR) is 92.3 cm³/mol. The zero-order chi connectivity index (χ0) is 16.7. The maximum absolute atomic E-state index is 12.0. The number of nitrogens with one attached hydrogen (secondary N) is 2. The second-order valence-electron chi connectivity index (χ2n) is 5.43. The third-order valence-corrected chi connectivity index (χ3v) is 3.57. The maximum atomic E-state index is 12.0. The fourth-order valence-corrected chi connectivity index (χ4v) is 2.26. The molecule has 2 N–H and O–H groups in total. The highest BCUT2D eigenvalue weighted by Crippen LogP contribution is 2.23. The molecule has 0 saturated carbocycles. The number of amides is 1. The summed E-state index contributed by atoms with van der Waals surface area (Å²) in [5.74, 6) is 0.602. The molecule has 122 valence electrons. The summed E-state index contributed by atoms with van der Waals surface area (Å²) in [7, 11) is 1.65. The molecular formula is C18H23N3O2. The first-order chi connectivity index (χ1) is 11.1. The highest BCUT2D eigenvalue weighted by molar-refractivity contribution is 5.94. The van der Waals surface area contributed by atoms with Crippen LogP contribution in [0.15, 0.2) is 36.5 Å². The highest BCUT2D eigenvalue weighted by atomic mass is 16.5. The highest BCUT2D eigenvalue weighted by Gasteiger charge is 2.07. The van der Waals surface area contributed by atoms with Crippen LogP contribution < -0.4 is 10.6 Å². The average molecular weight is 313 g/mol. The van der Waals surface area contributed by atoms with Crippen molar-refractivity contribution in [3.05, 3.63) is 53.2 Å². The van der Waals surface area contributed by atoms with E-state index >= 15 is 0 Å². The Kier molecular flexibility index (Phi) is 6.11. The van der Waals surface area contributed by atoms with Crippen molar-refractivity contribution in [2.24, 2.45) is 0 Å². The summed E-state index contributed by atoms with van der Waals surface area (Å²) in [4.78, 5) is 16.3. The van der Waals surface area contributed by atoms with Crippen molar-refractivity contribution in [2.45, 2.75) is 20.3 Å². The van der Waals surface area contributed by atoms with Crippen LogP contribution in [0.3, 0.4) is 0 Å². The number of nitrogens with zero attached hydrogens (tertiary/aromatic N) is 1. The van der Waals surface area contributed by atoms with Gasteiger partial charge in [-0.3, -0.25) is 4.79 Å². The molecule has 1 amide bonds. The van der Waals surface area contributed by atoms with Crippen LogP contribution in [-0.2, 0) is 4.74 Å². The van der Waals surface area contributed by atoms with Gasteiger partial charge >= 0.3 is 0 Å². The van der Waals surface area contributed by atoms with Gasteiger partial charge < -0.3 is 15.4 Å². The molecule has 0 aliphatic carbocycles. The van der Waals surface area contributed by atoms with E-state index in [0.29, 0.717) is 18.7 Å². The van der Waals surface area contributed by atoms with Gasteiger partial charge in [-0.05, 0) is 43.5 Å². The molecule has 1 aromatic carbocycles. The normalized spacial score (nSPS) is 10.4. The van der Waals surface area contributed by atoms with E-state index in [1.165, 1.54) is 0 Å². The third-order valence-electron chi connectivity index (χ3n) is 3.57. The van der Waals surface area contributed by atoms with Crippen molar-refractivity contribution < 1.29 is 9.53 Å². The number of carbonyl (C=O) groups is 1. The van der Waals surface area contributed by atoms with Gasteiger partial charge in [-0.25, -0.2) is 4.98 Å². The van der Waals surface area contributed by atoms with Crippen molar-refractivity contribution in [3.8, 4) is 0 Å². The largest absolute Gasteiger partial charge is 0.385 e. The van der Waals surface area contributed by atoms with Crippen molar-refractivity contribution in [1.82, 2.24) is 10.3 Å². The number of ether oxygens (including phenoxy) is 1. The van der Waals surface area contributed by atoms with Crippen molar-refractivity contribution >= 4 is 17.4 Å². The maximum Gasteiger partial charge on any atom is 0.252 e. The van der Waals surface area contributed by atoms with Crippen LogP contribution in [0.2, 0.25) is 0 Å². The zero-order valence-corrected chi connectivity index (χ0v) is 13.8. The monoisotopic (exact) mass is 313 g/mol. The third kappa shape index (κ3) is 4.79. The topological polar surface area (TPSA) is 63.2 Å². The van der Waals surface area contributed by atoms with Gasteiger partial charge in [0.25, 0.3) is 5.91 Å². The summed E-state index contributed by atoms with van der Waals surface area (Å²) in [6, 6.07) is 9.72. The Labute approximate surface area is 137 Å². The number of benzene rings is 1. The lowest BCUT2D eigenvalue weighted by molar-refractivity contribution is 0.0948. The molecule has 0 atom stereocenters. The summed E-state index contributed by atoms with van der Waals surface area (Å²) in [6.45, 7) is 5.33. The first-order valence-corrected chi connectivity index (χ1v) is 7.68. The first-order valence-electron chi connectivity index (χ1n) is 7.68. The quantitative estimate of drug-likeness (QED) is 0.771. The van der Waals surface area contributed by atoms with Crippen LogP contribution in [0.5, 0.6) is 0 Å². The Morgan fingerprint density at radius 1 is 1.17 bits per heavy atom. The van der Waals surface area contributed by atoms with E-state index in [9.17, 15) is 4.79 Å². The van der Waals surface area contributed by atoms with E-state index in [2.05, 4.69) is 41.6 Å². The molecule has 0 radical (unpaired) electrons. The molecule has 0 fully saturated rings. The van der Waals surface area contributed by atoms with E-state index in [1.807, 2.05) is 12.1 Å². The van der Waals surface area contributed by atoms with Crippen LogP contribution in [0.1, 0.15) is 27.9 Å². The lowest BCUT2D eigenvalue weighted by Gasteiger charge is -2.12. The Balaban J connectivity index is 1.98. The number of pyridine rings is 1. The number of hydrogen-bond donors (Lipinski definition) is 2. The number of hydrogen-bond acceptors (Lipinski definition) is 4. The molecule has 5 heteroatoms. The number of aryl methyl sites for hydroxylation is 2. The minimum atomic E-state index is -0.118. The van der Waals surface area contributed by atoms with Crippen molar-refractivity contribution in [1.29, 1.82) is 0 Å². The molecule has 1 aromatic heterocycles. The number of anilines is 2. The zero-order valence-electron chi connectivity index (χ0n) is 13.8. The summed E-state index contributed by atoms with van der Waals surface area (Å²) < 4.78 is 4.95. The molecule has 0 bridgehead atoms. The number of rotatable bonds is 7. The predicted octanol–water partition coefficient (Wildman–Crippen LogP) is 3.21. The molecule has 2 aromatic rings. The Morgan fingerprint density at radius 2 is 1.91 bits per heavy atom. The van der Waals surface area contributed by atoms with Gasteiger partial charge in [0.05, 0.1) is 5.56 Å². The van der Waals surface area contributed by atoms with Gasteiger partial charge in [0.1, 0.15) is 5.82 Å². The fraction of sp³-hybridized carbons (Fsp3) is 0.333. The standard InChI is InChI=1S/C18H23N3O2/c1-13-6-4-7-14(2)17(13)21-16-9-8-15(12-20-16)18(22)19-10-5-11-23-3/h4,6-9,12H,5,10-11H2,1-3H3,(H,19,22)(H,20,21). The molecule has 23 heavy (non-hydrogen) atoms. The Bertz CT molecular complexity index is 634. The second-order valence-corrected chi connectivity index (χ2v) is 5.43. The van der Waals surface area contributed by atoms with E-state index in [4.69, 9.17) is 4.74 Å². The van der Waals surface area contributed by atoms with E-state index in [-0.39, 0.29) is 5.91 Å². The van der Waals surface area contributed by atoms with Gasteiger partial charge in [-0.2, -0.15) is 0 Å². The molecule has 0 aliphatic heterocycles. The molecule has 0 unspecified atom stereocenters. The molecule has 2 rings (SSSR count). The number of carbonyl (C=O) groups excluding carboxylic acids is 1. The van der Waals surface area contributed by atoms with Gasteiger partial charge in [0, 0.05) is 32.1 Å². The van der Waals surface area contributed by atoms with E-state index < -0.39 is 0 Å². The fourth-order valence-electron chi connectivity index (χ4n) is 2.26. The summed E-state index contributed by atoms with van der Waals surface area (Å²) in [5.41, 5.74) is 3.92. The number of methoxy groups -OCH3 is 1. The Morgan fingerprint density at radius 3 is 2.52 bits per heavy atom. The first kappa shape index (κ1) is 17.0. The van der Waals surface area contributed by atoms with Crippen LogP contribution >= 0.6 is 0 Å². The lowest BCUT2D eigenvalue weighted by Crippen LogP contribution is -2.25. The summed E-state index contributed by atoms with van der Waals surface area (Å²) >= 11 is 0. The van der Waals surface area contributed by atoms with Gasteiger partial charge in [-0.1, -0.05) is 18.2 Å². The van der Waals surface area contributed by atoms with E-state index in [1.54, 1.807) is 19.4 Å². The number of aromatic nitrogens is 1. The minimum absolute atomic E-state index is 0.118. The Hall–Kier alpha value is -2.40. The molecule has 5 nitrogen and oxygen atoms in total.